The van der Waals surface area contributed by atoms with Crippen LogP contribution in [0.3, 0.4) is 0 Å². The fourth-order valence-corrected chi connectivity index (χ4v) is 2.53. The van der Waals surface area contributed by atoms with Crippen molar-refractivity contribution in [3.05, 3.63) is 72.1 Å². The van der Waals surface area contributed by atoms with Gasteiger partial charge in [0.25, 0.3) is 0 Å². The van der Waals surface area contributed by atoms with E-state index in [2.05, 4.69) is 20.3 Å². The number of aromatic nitrogens is 3. The van der Waals surface area contributed by atoms with E-state index in [9.17, 15) is 13.2 Å². The van der Waals surface area contributed by atoms with Crippen molar-refractivity contribution in [2.75, 3.05) is 5.32 Å². The maximum atomic E-state index is 13.0. The second-order valence-corrected chi connectivity index (χ2v) is 5.88. The van der Waals surface area contributed by atoms with Gasteiger partial charge < -0.3 is 5.32 Å². The van der Waals surface area contributed by atoms with Crippen LogP contribution in [0.25, 0.3) is 11.3 Å². The first-order valence-electron chi connectivity index (χ1n) is 8.08. The van der Waals surface area contributed by atoms with E-state index in [1.165, 1.54) is 18.3 Å². The molecule has 0 aliphatic carbocycles. The van der Waals surface area contributed by atoms with Crippen LogP contribution in [0.2, 0.25) is 0 Å². The van der Waals surface area contributed by atoms with E-state index >= 15 is 0 Å². The SMILES string of the molecule is C[C@@H](Nc1cnc(-c2cncc(CC(F)F)c2)cn1)c1ccc(F)cc1. The number of rotatable bonds is 6. The van der Waals surface area contributed by atoms with E-state index in [-0.39, 0.29) is 18.3 Å². The smallest absolute Gasteiger partial charge is 0.242 e. The highest BCUT2D eigenvalue weighted by Gasteiger charge is 2.09. The third-order valence-electron chi connectivity index (χ3n) is 3.87. The molecule has 2 aromatic heterocycles. The van der Waals surface area contributed by atoms with Crippen LogP contribution in [0, 0.1) is 5.82 Å². The third kappa shape index (κ3) is 4.56. The van der Waals surface area contributed by atoms with E-state index in [4.69, 9.17) is 0 Å². The maximum absolute atomic E-state index is 13.0. The Balaban J connectivity index is 1.71. The molecule has 0 saturated carbocycles. The van der Waals surface area contributed by atoms with Crippen LogP contribution in [0.4, 0.5) is 19.0 Å². The molecule has 0 amide bonds. The van der Waals surface area contributed by atoms with Gasteiger partial charge in [0.2, 0.25) is 6.43 Å². The zero-order chi connectivity index (χ0) is 18.5. The summed E-state index contributed by atoms with van der Waals surface area (Å²) in [5, 5.41) is 3.18. The molecule has 0 saturated heterocycles. The minimum atomic E-state index is -2.42. The Morgan fingerprint density at radius 1 is 1.00 bits per heavy atom. The highest BCUT2D eigenvalue weighted by atomic mass is 19.3. The van der Waals surface area contributed by atoms with Gasteiger partial charge in [0.1, 0.15) is 11.6 Å². The summed E-state index contributed by atoms with van der Waals surface area (Å²) >= 11 is 0. The Kier molecular flexibility index (Phi) is 5.46. The van der Waals surface area contributed by atoms with Gasteiger partial charge in [-0.25, -0.2) is 18.2 Å². The van der Waals surface area contributed by atoms with Gasteiger partial charge in [-0.2, -0.15) is 0 Å². The molecule has 3 rings (SSSR count). The largest absolute Gasteiger partial charge is 0.362 e. The second kappa shape index (κ2) is 7.95. The Labute approximate surface area is 149 Å². The minimum absolute atomic E-state index is 0.0770. The molecule has 134 valence electrons. The lowest BCUT2D eigenvalue weighted by Crippen LogP contribution is -2.08. The van der Waals surface area contributed by atoms with E-state index in [1.54, 1.807) is 36.8 Å². The number of nitrogens with one attached hydrogen (secondary N) is 1. The van der Waals surface area contributed by atoms with Crippen LogP contribution < -0.4 is 5.32 Å². The van der Waals surface area contributed by atoms with Crippen molar-refractivity contribution in [3.8, 4) is 11.3 Å². The first-order valence-corrected chi connectivity index (χ1v) is 8.08. The summed E-state index contributed by atoms with van der Waals surface area (Å²) in [7, 11) is 0. The Hall–Kier alpha value is -2.96. The average Bonchev–Trinajstić information content (AvgIpc) is 2.62. The van der Waals surface area contributed by atoms with Crippen LogP contribution in [0.15, 0.2) is 55.1 Å². The van der Waals surface area contributed by atoms with E-state index < -0.39 is 6.43 Å². The molecule has 2 heterocycles. The lowest BCUT2D eigenvalue weighted by molar-refractivity contribution is 0.149. The van der Waals surface area contributed by atoms with Crippen molar-refractivity contribution in [2.45, 2.75) is 25.8 Å². The van der Waals surface area contributed by atoms with Gasteiger partial charge in [0.05, 0.1) is 18.1 Å². The zero-order valence-electron chi connectivity index (χ0n) is 14.0. The topological polar surface area (TPSA) is 50.7 Å². The molecule has 4 nitrogen and oxygen atoms in total. The van der Waals surface area contributed by atoms with Gasteiger partial charge in [-0.05, 0) is 36.2 Å². The van der Waals surface area contributed by atoms with Crippen LogP contribution in [-0.2, 0) is 6.42 Å². The molecule has 0 bridgehead atoms. The summed E-state index contributed by atoms with van der Waals surface area (Å²) in [6.07, 6.45) is 3.34. The van der Waals surface area contributed by atoms with Crippen LogP contribution in [0.5, 0.6) is 0 Å². The standard InChI is InChI=1S/C19H17F3N4/c1-12(14-2-4-16(20)5-3-14)26-19-11-24-17(10-25-19)15-6-13(7-18(21)22)8-23-9-15/h2-6,8-12,18H,7H2,1H3,(H,25,26)/t12-/m1/s1. The van der Waals surface area contributed by atoms with Crippen molar-refractivity contribution in [1.82, 2.24) is 15.0 Å². The summed E-state index contributed by atoms with van der Waals surface area (Å²) in [5.74, 6) is 0.273. The highest BCUT2D eigenvalue weighted by Crippen LogP contribution is 2.21. The molecule has 0 aliphatic heterocycles. The number of halogens is 3. The van der Waals surface area contributed by atoms with Crippen LogP contribution >= 0.6 is 0 Å². The molecule has 3 aromatic rings. The van der Waals surface area contributed by atoms with Gasteiger partial charge in [0.15, 0.2) is 0 Å². The van der Waals surface area contributed by atoms with Crippen molar-refractivity contribution in [3.63, 3.8) is 0 Å². The highest BCUT2D eigenvalue weighted by molar-refractivity contribution is 5.58. The van der Waals surface area contributed by atoms with Crippen molar-refractivity contribution < 1.29 is 13.2 Å². The number of alkyl halides is 2. The Morgan fingerprint density at radius 3 is 2.42 bits per heavy atom. The summed E-state index contributed by atoms with van der Waals surface area (Å²) < 4.78 is 38.0. The Morgan fingerprint density at radius 2 is 1.77 bits per heavy atom. The summed E-state index contributed by atoms with van der Waals surface area (Å²) in [4.78, 5) is 12.6. The normalized spacial score (nSPS) is 12.2. The molecular formula is C19H17F3N4. The Bertz CT molecular complexity index is 851. The predicted octanol–water partition coefficient (Wildman–Crippen LogP) is 4.66. The zero-order valence-corrected chi connectivity index (χ0v) is 14.0. The van der Waals surface area contributed by atoms with Gasteiger partial charge in [0, 0.05) is 30.4 Å². The van der Waals surface area contributed by atoms with E-state index in [0.717, 1.165) is 5.56 Å². The quantitative estimate of drug-likeness (QED) is 0.696. The van der Waals surface area contributed by atoms with Crippen molar-refractivity contribution in [2.24, 2.45) is 0 Å². The van der Waals surface area contributed by atoms with Gasteiger partial charge >= 0.3 is 0 Å². The van der Waals surface area contributed by atoms with Crippen LogP contribution in [-0.4, -0.2) is 21.4 Å². The molecule has 0 spiro atoms. The predicted molar refractivity (Wildman–Crippen MR) is 93.4 cm³/mol. The number of hydrogen-bond acceptors (Lipinski definition) is 4. The van der Waals surface area contributed by atoms with E-state index in [0.29, 0.717) is 22.6 Å². The first kappa shape index (κ1) is 17.8. The van der Waals surface area contributed by atoms with Gasteiger partial charge in [-0.3, -0.25) is 9.97 Å². The fraction of sp³-hybridized carbons (Fsp3) is 0.211. The molecule has 1 atom stereocenters. The molecule has 7 heteroatoms. The summed E-state index contributed by atoms with van der Waals surface area (Å²) in [5.41, 5.74) is 2.55. The number of pyridine rings is 1. The first-order chi connectivity index (χ1) is 12.5. The fourth-order valence-electron chi connectivity index (χ4n) is 2.53. The number of benzene rings is 1. The lowest BCUT2D eigenvalue weighted by atomic mass is 10.1. The molecule has 0 unspecified atom stereocenters. The summed E-state index contributed by atoms with van der Waals surface area (Å²) in [6, 6.07) is 7.77. The third-order valence-corrected chi connectivity index (χ3v) is 3.87. The molecule has 1 aromatic carbocycles. The second-order valence-electron chi connectivity index (χ2n) is 5.88. The maximum Gasteiger partial charge on any atom is 0.242 e. The molecule has 0 radical (unpaired) electrons. The van der Waals surface area contributed by atoms with Gasteiger partial charge in [-0.15, -0.1) is 0 Å². The number of anilines is 1. The van der Waals surface area contributed by atoms with Crippen molar-refractivity contribution >= 4 is 5.82 Å². The molecule has 1 N–H and O–H groups in total. The molecule has 26 heavy (non-hydrogen) atoms. The monoisotopic (exact) mass is 358 g/mol. The molecule has 0 fully saturated rings. The van der Waals surface area contributed by atoms with Crippen molar-refractivity contribution in [1.29, 1.82) is 0 Å². The van der Waals surface area contributed by atoms with Crippen LogP contribution in [0.1, 0.15) is 24.1 Å². The lowest BCUT2D eigenvalue weighted by Gasteiger charge is -2.15. The number of nitrogens with zero attached hydrogens (tertiary/aromatic N) is 3. The summed E-state index contributed by atoms with van der Waals surface area (Å²) in [6.45, 7) is 1.93. The number of hydrogen-bond donors (Lipinski definition) is 1. The molecular weight excluding hydrogens is 341 g/mol. The minimum Gasteiger partial charge on any atom is -0.362 e. The average molecular weight is 358 g/mol. The van der Waals surface area contributed by atoms with Gasteiger partial charge in [-0.1, -0.05) is 12.1 Å². The molecule has 0 aliphatic rings. The van der Waals surface area contributed by atoms with E-state index in [1.807, 2.05) is 6.92 Å².